The monoisotopic (exact) mass is 270 g/mol. The molecule has 2 rings (SSSR count). The summed E-state index contributed by atoms with van der Waals surface area (Å²) in [4.78, 5) is 12.1. The summed E-state index contributed by atoms with van der Waals surface area (Å²) in [7, 11) is 0. The number of rotatable bonds is 6. The fourth-order valence-electron chi connectivity index (χ4n) is 3.01. The van der Waals surface area contributed by atoms with Gasteiger partial charge in [-0.2, -0.15) is 11.8 Å². The molecule has 0 aromatic heterocycles. The average Bonchev–Trinajstić information content (AvgIpc) is 3.18. The maximum Gasteiger partial charge on any atom is 0.220 e. The van der Waals surface area contributed by atoms with E-state index in [1.807, 2.05) is 11.8 Å². The largest absolute Gasteiger partial charge is 0.355 e. The molecule has 2 aliphatic rings. The van der Waals surface area contributed by atoms with Crippen molar-refractivity contribution in [3.8, 4) is 0 Å². The van der Waals surface area contributed by atoms with Gasteiger partial charge in [-0.1, -0.05) is 19.3 Å². The molecule has 0 saturated heterocycles. The van der Waals surface area contributed by atoms with E-state index in [0.29, 0.717) is 17.7 Å². The Bertz CT molecular complexity index is 296. The molecule has 0 atom stereocenters. The summed E-state index contributed by atoms with van der Waals surface area (Å²) in [6.45, 7) is 1.50. The fourth-order valence-corrected chi connectivity index (χ4v) is 3.74. The molecular formula is C14H26N2OS. The molecular weight excluding hydrogens is 244 g/mol. The van der Waals surface area contributed by atoms with E-state index in [2.05, 4.69) is 11.6 Å². The van der Waals surface area contributed by atoms with Crippen LogP contribution in [0.5, 0.6) is 0 Å². The second kappa shape index (κ2) is 5.83. The third kappa shape index (κ3) is 3.41. The van der Waals surface area contributed by atoms with Crippen LogP contribution in [0.15, 0.2) is 0 Å². The van der Waals surface area contributed by atoms with Gasteiger partial charge in [-0.15, -0.1) is 0 Å². The molecule has 2 fully saturated rings. The number of nitrogens with one attached hydrogen (secondary N) is 1. The second-order valence-electron chi connectivity index (χ2n) is 6.11. The molecule has 2 aliphatic carbocycles. The normalized spacial score (nSPS) is 24.6. The molecule has 2 saturated carbocycles. The van der Waals surface area contributed by atoms with Crippen LogP contribution in [0.3, 0.4) is 0 Å². The van der Waals surface area contributed by atoms with E-state index in [4.69, 9.17) is 5.73 Å². The van der Waals surface area contributed by atoms with Crippen LogP contribution < -0.4 is 11.1 Å². The molecule has 0 radical (unpaired) electrons. The third-order valence-electron chi connectivity index (χ3n) is 4.73. The Hall–Kier alpha value is -0.220. The van der Waals surface area contributed by atoms with Crippen LogP contribution in [0.1, 0.15) is 51.4 Å². The zero-order valence-corrected chi connectivity index (χ0v) is 12.3. The fraction of sp³-hybridized carbons (Fsp3) is 0.929. The van der Waals surface area contributed by atoms with Crippen molar-refractivity contribution >= 4 is 17.7 Å². The SMILES string of the molecule is CSC1(CNC(=O)CC2(CN)CCCCC2)CC1. The highest BCUT2D eigenvalue weighted by molar-refractivity contribution is 8.00. The van der Waals surface area contributed by atoms with Crippen molar-refractivity contribution in [2.24, 2.45) is 11.1 Å². The van der Waals surface area contributed by atoms with Crippen molar-refractivity contribution < 1.29 is 4.79 Å². The van der Waals surface area contributed by atoms with Gasteiger partial charge in [-0.05, 0) is 43.9 Å². The second-order valence-corrected chi connectivity index (χ2v) is 7.38. The molecule has 3 nitrogen and oxygen atoms in total. The molecule has 0 heterocycles. The molecule has 0 spiro atoms. The highest BCUT2D eigenvalue weighted by atomic mass is 32.2. The van der Waals surface area contributed by atoms with Gasteiger partial charge in [0.1, 0.15) is 0 Å². The van der Waals surface area contributed by atoms with Crippen LogP contribution in [0.25, 0.3) is 0 Å². The first kappa shape index (κ1) is 14.2. The van der Waals surface area contributed by atoms with Gasteiger partial charge in [0.25, 0.3) is 0 Å². The third-order valence-corrected chi connectivity index (χ3v) is 6.15. The smallest absolute Gasteiger partial charge is 0.220 e. The molecule has 0 aliphatic heterocycles. The van der Waals surface area contributed by atoms with Crippen molar-refractivity contribution in [3.05, 3.63) is 0 Å². The van der Waals surface area contributed by atoms with Gasteiger partial charge in [0.05, 0.1) is 0 Å². The number of hydrogen-bond acceptors (Lipinski definition) is 3. The van der Waals surface area contributed by atoms with Gasteiger partial charge >= 0.3 is 0 Å². The molecule has 1 amide bonds. The van der Waals surface area contributed by atoms with Crippen molar-refractivity contribution in [1.29, 1.82) is 0 Å². The van der Waals surface area contributed by atoms with E-state index in [1.165, 1.54) is 32.1 Å². The van der Waals surface area contributed by atoms with Gasteiger partial charge in [0.2, 0.25) is 5.91 Å². The number of amides is 1. The zero-order chi connectivity index (χ0) is 13.1. The van der Waals surface area contributed by atoms with E-state index in [9.17, 15) is 4.79 Å². The Morgan fingerprint density at radius 2 is 1.89 bits per heavy atom. The number of carbonyl (C=O) groups excluding carboxylic acids is 1. The first-order valence-electron chi connectivity index (χ1n) is 7.16. The lowest BCUT2D eigenvalue weighted by molar-refractivity contribution is -0.123. The summed E-state index contributed by atoms with van der Waals surface area (Å²) in [5, 5.41) is 3.13. The summed E-state index contributed by atoms with van der Waals surface area (Å²) in [6.07, 6.45) is 11.3. The van der Waals surface area contributed by atoms with Crippen LogP contribution in [0.2, 0.25) is 0 Å². The lowest BCUT2D eigenvalue weighted by Crippen LogP contribution is -2.40. The quantitative estimate of drug-likeness (QED) is 0.778. The number of hydrogen-bond donors (Lipinski definition) is 2. The van der Waals surface area contributed by atoms with E-state index < -0.39 is 0 Å². The van der Waals surface area contributed by atoms with Crippen molar-refractivity contribution in [1.82, 2.24) is 5.32 Å². The van der Waals surface area contributed by atoms with E-state index >= 15 is 0 Å². The molecule has 0 bridgehead atoms. The summed E-state index contributed by atoms with van der Waals surface area (Å²) in [5.41, 5.74) is 6.02. The van der Waals surface area contributed by atoms with Crippen LogP contribution in [0.4, 0.5) is 0 Å². The molecule has 4 heteroatoms. The molecule has 0 unspecified atom stereocenters. The minimum absolute atomic E-state index is 0.0956. The summed E-state index contributed by atoms with van der Waals surface area (Å²) < 4.78 is 0.359. The maximum absolute atomic E-state index is 12.1. The lowest BCUT2D eigenvalue weighted by Gasteiger charge is -2.35. The Labute approximate surface area is 115 Å². The average molecular weight is 270 g/mol. The number of nitrogens with two attached hydrogens (primary N) is 1. The van der Waals surface area contributed by atoms with Crippen LogP contribution in [-0.4, -0.2) is 30.0 Å². The molecule has 3 N–H and O–H groups in total. The maximum atomic E-state index is 12.1. The first-order chi connectivity index (χ1) is 8.64. The van der Waals surface area contributed by atoms with E-state index in [1.54, 1.807) is 0 Å². The summed E-state index contributed by atoms with van der Waals surface area (Å²) in [6, 6.07) is 0. The predicted molar refractivity (Wildman–Crippen MR) is 77.7 cm³/mol. The molecule has 18 heavy (non-hydrogen) atoms. The Kier molecular flexibility index (Phi) is 4.59. The van der Waals surface area contributed by atoms with Crippen molar-refractivity contribution in [2.75, 3.05) is 19.3 Å². The van der Waals surface area contributed by atoms with Crippen LogP contribution >= 0.6 is 11.8 Å². The van der Waals surface area contributed by atoms with Gasteiger partial charge in [-0.25, -0.2) is 0 Å². The Morgan fingerprint density at radius 3 is 2.39 bits per heavy atom. The highest BCUT2D eigenvalue weighted by Gasteiger charge is 2.42. The minimum Gasteiger partial charge on any atom is -0.355 e. The van der Waals surface area contributed by atoms with Crippen LogP contribution in [-0.2, 0) is 4.79 Å². The summed E-state index contributed by atoms with van der Waals surface area (Å²) >= 11 is 1.89. The standard InChI is InChI=1S/C14H26N2OS/c1-18-14(7-8-14)11-16-12(17)9-13(10-15)5-3-2-4-6-13/h2-11,15H2,1H3,(H,16,17). The van der Waals surface area contributed by atoms with Crippen molar-refractivity contribution in [2.45, 2.75) is 56.1 Å². The van der Waals surface area contributed by atoms with E-state index in [-0.39, 0.29) is 11.3 Å². The zero-order valence-electron chi connectivity index (χ0n) is 11.5. The van der Waals surface area contributed by atoms with Crippen molar-refractivity contribution in [3.63, 3.8) is 0 Å². The number of carbonyl (C=O) groups is 1. The molecule has 104 valence electrons. The predicted octanol–water partition coefficient (Wildman–Crippen LogP) is 2.30. The Balaban J connectivity index is 1.78. The Morgan fingerprint density at radius 1 is 1.22 bits per heavy atom. The molecule has 0 aromatic carbocycles. The van der Waals surface area contributed by atoms with E-state index in [0.717, 1.165) is 19.4 Å². The highest BCUT2D eigenvalue weighted by Crippen LogP contribution is 2.46. The first-order valence-corrected chi connectivity index (χ1v) is 8.38. The van der Waals surface area contributed by atoms with Gasteiger partial charge < -0.3 is 11.1 Å². The number of thioether (sulfide) groups is 1. The molecule has 0 aromatic rings. The van der Waals surface area contributed by atoms with Gasteiger partial charge in [0.15, 0.2) is 0 Å². The minimum atomic E-state index is 0.0956. The van der Waals surface area contributed by atoms with Crippen LogP contribution in [0, 0.1) is 5.41 Å². The van der Waals surface area contributed by atoms with Gasteiger partial charge in [-0.3, -0.25) is 4.79 Å². The summed E-state index contributed by atoms with van der Waals surface area (Å²) in [5.74, 6) is 0.211. The van der Waals surface area contributed by atoms with Gasteiger partial charge in [0, 0.05) is 17.7 Å². The topological polar surface area (TPSA) is 55.1 Å². The lowest BCUT2D eigenvalue weighted by atomic mass is 9.71.